The van der Waals surface area contributed by atoms with Gasteiger partial charge in [-0.2, -0.15) is 0 Å². The molecule has 0 radical (unpaired) electrons. The van der Waals surface area contributed by atoms with Crippen LogP contribution >= 0.6 is 0 Å². The number of rotatable bonds is 9. The highest BCUT2D eigenvalue weighted by Gasteiger charge is 2.46. The fraction of sp³-hybridized carbons (Fsp3) is 0.290. The second kappa shape index (κ2) is 12.1. The Morgan fingerprint density at radius 2 is 1.62 bits per heavy atom. The summed E-state index contributed by atoms with van der Waals surface area (Å²) in [6, 6.07) is 23.2. The fourth-order valence-corrected chi connectivity index (χ4v) is 4.99. The number of amides is 1. The number of carbonyl (C=O) groups is 2. The van der Waals surface area contributed by atoms with Gasteiger partial charge in [-0.05, 0) is 23.3 Å². The second-order valence-corrected chi connectivity index (χ2v) is 9.50. The van der Waals surface area contributed by atoms with Crippen molar-refractivity contribution in [2.24, 2.45) is 0 Å². The van der Waals surface area contributed by atoms with Crippen LogP contribution < -0.4 is 9.47 Å². The van der Waals surface area contributed by atoms with Crippen molar-refractivity contribution >= 4 is 17.4 Å². The molecule has 0 saturated carbocycles. The molecule has 202 valence electrons. The molecule has 2 saturated heterocycles. The van der Waals surface area contributed by atoms with Crippen molar-refractivity contribution in [3.05, 3.63) is 101 Å². The first-order valence-corrected chi connectivity index (χ1v) is 13.1. The number of aliphatic hydroxyl groups excluding tert-OH is 1. The first kappa shape index (κ1) is 26.5. The third kappa shape index (κ3) is 5.82. The number of morpholine rings is 1. The molecule has 1 N–H and O–H groups in total. The smallest absolute Gasteiger partial charge is 0.295 e. The molecule has 3 aromatic carbocycles. The number of aliphatic hydroxyl groups is 1. The molecule has 0 aromatic heterocycles. The van der Waals surface area contributed by atoms with Gasteiger partial charge in [0.1, 0.15) is 12.4 Å². The van der Waals surface area contributed by atoms with Crippen molar-refractivity contribution in [2.75, 3.05) is 46.5 Å². The van der Waals surface area contributed by atoms with Gasteiger partial charge < -0.3 is 24.2 Å². The van der Waals surface area contributed by atoms with Crippen molar-refractivity contribution in [3.63, 3.8) is 0 Å². The Bertz CT molecular complexity index is 1340. The van der Waals surface area contributed by atoms with Crippen LogP contribution in [0.25, 0.3) is 5.76 Å². The Kier molecular flexibility index (Phi) is 8.24. The van der Waals surface area contributed by atoms with Crippen LogP contribution in [0.15, 0.2) is 84.4 Å². The first-order chi connectivity index (χ1) is 19.1. The van der Waals surface area contributed by atoms with Crippen LogP contribution in [0.5, 0.6) is 11.5 Å². The lowest BCUT2D eigenvalue weighted by molar-refractivity contribution is -0.140. The summed E-state index contributed by atoms with van der Waals surface area (Å²) in [7, 11) is 1.55. The maximum absolute atomic E-state index is 13.3. The highest BCUT2D eigenvalue weighted by atomic mass is 16.5. The molecule has 2 aliphatic heterocycles. The van der Waals surface area contributed by atoms with Crippen molar-refractivity contribution < 1.29 is 28.9 Å². The van der Waals surface area contributed by atoms with Gasteiger partial charge in [-0.1, -0.05) is 66.7 Å². The number of hydrogen-bond acceptors (Lipinski definition) is 7. The van der Waals surface area contributed by atoms with E-state index in [1.54, 1.807) is 48.4 Å². The quantitative estimate of drug-likeness (QED) is 0.255. The molecule has 2 fully saturated rings. The van der Waals surface area contributed by atoms with Crippen LogP contribution in [0.3, 0.4) is 0 Å². The lowest BCUT2D eigenvalue weighted by atomic mass is 9.95. The Hall–Kier alpha value is -4.14. The van der Waals surface area contributed by atoms with Gasteiger partial charge in [-0.25, -0.2) is 0 Å². The number of hydrogen-bond donors (Lipinski definition) is 1. The molecular formula is C31H32N2O6. The molecule has 39 heavy (non-hydrogen) atoms. The van der Waals surface area contributed by atoms with Gasteiger partial charge in [-0.3, -0.25) is 14.5 Å². The molecule has 1 amide bonds. The summed E-state index contributed by atoms with van der Waals surface area (Å²) in [6.07, 6.45) is 0. The van der Waals surface area contributed by atoms with Crippen LogP contribution in [-0.2, 0) is 20.9 Å². The maximum Gasteiger partial charge on any atom is 0.295 e. The van der Waals surface area contributed by atoms with E-state index in [1.807, 2.05) is 42.5 Å². The van der Waals surface area contributed by atoms with Gasteiger partial charge in [0.15, 0.2) is 11.5 Å². The molecule has 1 unspecified atom stereocenters. The van der Waals surface area contributed by atoms with Crippen LogP contribution in [-0.4, -0.2) is 73.1 Å². The Morgan fingerprint density at radius 1 is 0.923 bits per heavy atom. The van der Waals surface area contributed by atoms with Gasteiger partial charge in [0.05, 0.1) is 31.9 Å². The van der Waals surface area contributed by atoms with Gasteiger partial charge in [0.2, 0.25) is 0 Å². The third-order valence-electron chi connectivity index (χ3n) is 7.09. The fourth-order valence-electron chi connectivity index (χ4n) is 4.99. The van der Waals surface area contributed by atoms with E-state index in [-0.39, 0.29) is 11.3 Å². The highest BCUT2D eigenvalue weighted by molar-refractivity contribution is 6.46. The Balaban J connectivity index is 1.49. The molecule has 8 heteroatoms. The van der Waals surface area contributed by atoms with Crippen LogP contribution in [0.4, 0.5) is 0 Å². The standard InChI is InChI=1S/C31H32N2O6/c1-37-26-20-24(12-13-25(26)39-21-22-8-4-2-5-9-22)28-27(29(34)23-10-6-3-7-11-23)30(35)31(36)33(28)15-14-32-16-18-38-19-17-32/h2-13,20,28,34H,14-19,21H2,1H3. The van der Waals surface area contributed by atoms with Crippen molar-refractivity contribution in [2.45, 2.75) is 12.6 Å². The number of ketones is 1. The van der Waals surface area contributed by atoms with Crippen molar-refractivity contribution in [1.29, 1.82) is 0 Å². The van der Waals surface area contributed by atoms with E-state index in [2.05, 4.69) is 4.90 Å². The Morgan fingerprint density at radius 3 is 2.31 bits per heavy atom. The van der Waals surface area contributed by atoms with Crippen LogP contribution in [0.1, 0.15) is 22.7 Å². The Labute approximate surface area is 228 Å². The van der Waals surface area contributed by atoms with Gasteiger partial charge >= 0.3 is 0 Å². The molecule has 0 bridgehead atoms. The molecule has 5 rings (SSSR count). The van der Waals surface area contributed by atoms with Crippen molar-refractivity contribution in [1.82, 2.24) is 9.80 Å². The zero-order valence-electron chi connectivity index (χ0n) is 21.9. The summed E-state index contributed by atoms with van der Waals surface area (Å²) in [5.74, 6) is -0.516. The van der Waals surface area contributed by atoms with E-state index in [9.17, 15) is 14.7 Å². The SMILES string of the molecule is COc1cc(C2C(=C(O)c3ccccc3)C(=O)C(=O)N2CCN2CCOCC2)ccc1OCc1ccccc1. The van der Waals surface area contributed by atoms with Crippen molar-refractivity contribution in [3.8, 4) is 11.5 Å². The van der Waals surface area contributed by atoms with Gasteiger partial charge in [0, 0.05) is 31.7 Å². The number of likely N-dealkylation sites (tertiary alicyclic amines) is 1. The molecule has 8 nitrogen and oxygen atoms in total. The molecule has 2 heterocycles. The molecule has 0 aliphatic carbocycles. The summed E-state index contributed by atoms with van der Waals surface area (Å²) >= 11 is 0. The molecule has 1 atom stereocenters. The summed E-state index contributed by atoms with van der Waals surface area (Å²) in [4.78, 5) is 30.4. The average molecular weight is 529 g/mol. The van der Waals surface area contributed by atoms with Crippen LogP contribution in [0.2, 0.25) is 0 Å². The summed E-state index contributed by atoms with van der Waals surface area (Å²) in [5, 5.41) is 11.3. The van der Waals surface area contributed by atoms with Gasteiger partial charge in [-0.15, -0.1) is 0 Å². The average Bonchev–Trinajstić information content (AvgIpc) is 3.25. The molecule has 3 aromatic rings. The minimum Gasteiger partial charge on any atom is -0.507 e. The lowest BCUT2D eigenvalue weighted by Crippen LogP contribution is -2.42. The normalized spacial score (nSPS) is 19.3. The number of nitrogens with zero attached hydrogens (tertiary/aromatic N) is 2. The number of carbonyl (C=O) groups excluding carboxylic acids is 2. The topological polar surface area (TPSA) is 88.5 Å². The minimum absolute atomic E-state index is 0.0631. The summed E-state index contributed by atoms with van der Waals surface area (Å²) in [5.41, 5.74) is 2.21. The zero-order chi connectivity index (χ0) is 27.2. The molecular weight excluding hydrogens is 496 g/mol. The summed E-state index contributed by atoms with van der Waals surface area (Å²) in [6.45, 7) is 4.08. The summed E-state index contributed by atoms with van der Waals surface area (Å²) < 4.78 is 17.1. The third-order valence-corrected chi connectivity index (χ3v) is 7.09. The number of benzene rings is 3. The molecule has 0 spiro atoms. The molecule has 2 aliphatic rings. The monoisotopic (exact) mass is 528 g/mol. The van der Waals surface area contributed by atoms with E-state index in [4.69, 9.17) is 14.2 Å². The lowest BCUT2D eigenvalue weighted by Gasteiger charge is -2.31. The number of Topliss-reactive ketones (excluding diaryl/α,β-unsaturated/α-hetero) is 1. The predicted octanol–water partition coefficient (Wildman–Crippen LogP) is 4.03. The number of methoxy groups -OCH3 is 1. The first-order valence-electron chi connectivity index (χ1n) is 13.1. The van der Waals surface area contributed by atoms with E-state index in [0.29, 0.717) is 55.5 Å². The predicted molar refractivity (Wildman–Crippen MR) is 146 cm³/mol. The van der Waals surface area contributed by atoms with E-state index in [1.165, 1.54) is 0 Å². The second-order valence-electron chi connectivity index (χ2n) is 9.50. The number of ether oxygens (including phenoxy) is 3. The zero-order valence-corrected chi connectivity index (χ0v) is 21.9. The maximum atomic E-state index is 13.3. The largest absolute Gasteiger partial charge is 0.507 e. The minimum atomic E-state index is -0.775. The highest BCUT2D eigenvalue weighted by Crippen LogP contribution is 2.42. The van der Waals surface area contributed by atoms with E-state index >= 15 is 0 Å². The van der Waals surface area contributed by atoms with Gasteiger partial charge in [0.25, 0.3) is 11.7 Å². The van der Waals surface area contributed by atoms with E-state index in [0.717, 1.165) is 18.7 Å². The van der Waals surface area contributed by atoms with E-state index < -0.39 is 17.7 Å². The van der Waals surface area contributed by atoms with Crippen LogP contribution in [0, 0.1) is 0 Å².